The van der Waals surface area contributed by atoms with Crippen molar-refractivity contribution in [3.8, 4) is 5.75 Å². The third-order valence-corrected chi connectivity index (χ3v) is 8.66. The van der Waals surface area contributed by atoms with E-state index in [9.17, 15) is 17.6 Å². The summed E-state index contributed by atoms with van der Waals surface area (Å²) in [6, 6.07) is 10.8. The molecule has 1 fully saturated rings. The van der Waals surface area contributed by atoms with E-state index in [1.54, 1.807) is 29.2 Å². The largest absolute Gasteiger partial charge is 0.493 e. The molecule has 1 saturated heterocycles. The van der Waals surface area contributed by atoms with Gasteiger partial charge in [0, 0.05) is 55.3 Å². The van der Waals surface area contributed by atoms with E-state index in [4.69, 9.17) is 9.47 Å². The molecule has 2 aliphatic heterocycles. The molecule has 0 saturated carbocycles. The lowest BCUT2D eigenvalue weighted by molar-refractivity contribution is -0.0104. The second-order valence-corrected chi connectivity index (χ2v) is 12.9. The van der Waals surface area contributed by atoms with Gasteiger partial charge in [-0.25, -0.2) is 22.6 Å². The van der Waals surface area contributed by atoms with Gasteiger partial charge in [-0.15, -0.1) is 0 Å². The number of hydrogen-bond donors (Lipinski definition) is 1. The summed E-state index contributed by atoms with van der Waals surface area (Å²) >= 11 is 0.947. The molecule has 39 heavy (non-hydrogen) atoms. The molecular weight excluding hydrogens is 545 g/mol. The summed E-state index contributed by atoms with van der Waals surface area (Å²) in [6.07, 6.45) is 1.56. The van der Waals surface area contributed by atoms with Gasteiger partial charge in [-0.2, -0.15) is 4.37 Å². The minimum absolute atomic E-state index is 0.0573. The average Bonchev–Trinajstić information content (AvgIpc) is 3.39. The summed E-state index contributed by atoms with van der Waals surface area (Å²) in [5.41, 5.74) is 1.11. The Hall–Kier alpha value is -3.29. The first-order valence-corrected chi connectivity index (χ1v) is 14.8. The van der Waals surface area contributed by atoms with Crippen LogP contribution in [-0.2, 0) is 14.8 Å². The molecule has 208 valence electrons. The van der Waals surface area contributed by atoms with Crippen molar-refractivity contribution in [2.75, 3.05) is 31.0 Å². The predicted octanol–water partition coefficient (Wildman–Crippen LogP) is 4.60. The SMILES string of the molecule is CC(C)(C)OC(=O)N1CCN(C2CCOc3cc(S(=O)(=O)Nc4ncns4)ccc32)C(c2ccc(F)cc2)C1. The van der Waals surface area contributed by atoms with Crippen LogP contribution in [0.4, 0.5) is 14.3 Å². The highest BCUT2D eigenvalue weighted by molar-refractivity contribution is 7.93. The Kier molecular flexibility index (Phi) is 7.49. The Morgan fingerprint density at radius 1 is 1.15 bits per heavy atom. The molecule has 1 N–H and O–H groups in total. The lowest BCUT2D eigenvalue weighted by atomic mass is 9.93. The third-order valence-electron chi connectivity index (χ3n) is 6.61. The van der Waals surface area contributed by atoms with E-state index < -0.39 is 15.6 Å². The van der Waals surface area contributed by atoms with Crippen LogP contribution in [0.3, 0.4) is 0 Å². The Morgan fingerprint density at radius 3 is 2.62 bits per heavy atom. The van der Waals surface area contributed by atoms with Crippen molar-refractivity contribution < 1.29 is 27.1 Å². The second-order valence-electron chi connectivity index (χ2n) is 10.4. The Labute approximate surface area is 231 Å². The van der Waals surface area contributed by atoms with Gasteiger partial charge < -0.3 is 14.4 Å². The molecule has 3 heterocycles. The van der Waals surface area contributed by atoms with E-state index in [0.29, 0.717) is 38.4 Å². The predicted molar refractivity (Wildman–Crippen MR) is 144 cm³/mol. The summed E-state index contributed by atoms with van der Waals surface area (Å²) in [4.78, 5) is 20.8. The molecule has 1 amide bonds. The third kappa shape index (κ3) is 6.15. The molecule has 0 radical (unpaired) electrons. The summed E-state index contributed by atoms with van der Waals surface area (Å²) in [5.74, 6) is 0.149. The highest BCUT2D eigenvalue weighted by atomic mass is 32.2. The molecule has 0 bridgehead atoms. The molecule has 0 spiro atoms. The molecule has 2 aliphatic rings. The maximum Gasteiger partial charge on any atom is 0.410 e. The van der Waals surface area contributed by atoms with E-state index in [0.717, 1.165) is 22.7 Å². The van der Waals surface area contributed by atoms with Crippen molar-refractivity contribution in [3.05, 3.63) is 65.7 Å². The Balaban J connectivity index is 1.43. The minimum atomic E-state index is -3.88. The van der Waals surface area contributed by atoms with Gasteiger partial charge in [0.25, 0.3) is 10.0 Å². The van der Waals surface area contributed by atoms with Gasteiger partial charge >= 0.3 is 6.09 Å². The van der Waals surface area contributed by atoms with Crippen LogP contribution in [0.5, 0.6) is 5.75 Å². The van der Waals surface area contributed by atoms with Crippen molar-refractivity contribution in [1.29, 1.82) is 0 Å². The average molecular weight is 576 g/mol. The molecule has 5 rings (SSSR count). The minimum Gasteiger partial charge on any atom is -0.493 e. The van der Waals surface area contributed by atoms with Crippen LogP contribution in [0.25, 0.3) is 0 Å². The van der Waals surface area contributed by atoms with Gasteiger partial charge in [0.1, 0.15) is 23.5 Å². The quantitative estimate of drug-likeness (QED) is 0.470. The number of rotatable bonds is 5. The van der Waals surface area contributed by atoms with Crippen LogP contribution in [0.15, 0.2) is 53.7 Å². The summed E-state index contributed by atoms with van der Waals surface area (Å²) in [5, 5.41) is 0.177. The van der Waals surface area contributed by atoms with Crippen LogP contribution in [0.1, 0.15) is 50.4 Å². The molecule has 0 aliphatic carbocycles. The number of halogens is 1. The van der Waals surface area contributed by atoms with Gasteiger partial charge in [0.2, 0.25) is 5.13 Å². The van der Waals surface area contributed by atoms with Crippen molar-refractivity contribution in [2.45, 2.75) is 49.8 Å². The Bertz CT molecular complexity index is 1430. The number of carbonyl (C=O) groups excluding carboxylic acids is 1. The highest BCUT2D eigenvalue weighted by Crippen LogP contribution is 2.42. The first-order valence-electron chi connectivity index (χ1n) is 12.6. The maximum atomic E-state index is 13.8. The molecule has 1 aromatic heterocycles. The van der Waals surface area contributed by atoms with Crippen molar-refractivity contribution in [2.24, 2.45) is 0 Å². The van der Waals surface area contributed by atoms with Crippen LogP contribution < -0.4 is 9.46 Å². The zero-order chi connectivity index (χ0) is 27.8. The first kappa shape index (κ1) is 27.3. The number of anilines is 1. The van der Waals surface area contributed by atoms with E-state index in [2.05, 4.69) is 19.0 Å². The van der Waals surface area contributed by atoms with E-state index in [1.165, 1.54) is 24.5 Å². The molecule has 2 aromatic carbocycles. The number of nitrogens with one attached hydrogen (secondary N) is 1. The molecule has 13 heteroatoms. The molecule has 2 atom stereocenters. The first-order chi connectivity index (χ1) is 18.5. The van der Waals surface area contributed by atoms with Crippen molar-refractivity contribution in [1.82, 2.24) is 19.2 Å². The maximum absolute atomic E-state index is 13.8. The van der Waals surface area contributed by atoms with E-state index >= 15 is 0 Å². The number of hydrogen-bond acceptors (Lipinski definition) is 9. The summed E-state index contributed by atoms with van der Waals surface area (Å²) in [6.45, 7) is 7.25. The molecule has 10 nitrogen and oxygen atoms in total. The van der Waals surface area contributed by atoms with Gasteiger partial charge in [0.05, 0.1) is 17.5 Å². The van der Waals surface area contributed by atoms with Crippen LogP contribution in [0, 0.1) is 5.82 Å². The van der Waals surface area contributed by atoms with Gasteiger partial charge in [-0.05, 0) is 44.5 Å². The molecule has 3 aromatic rings. The highest BCUT2D eigenvalue weighted by Gasteiger charge is 2.39. The number of fused-ring (bicyclic) bond motifs is 1. The number of sulfonamides is 1. The number of amides is 1. The number of ether oxygens (including phenoxy) is 2. The number of nitrogens with zero attached hydrogens (tertiary/aromatic N) is 4. The summed E-state index contributed by atoms with van der Waals surface area (Å²) in [7, 11) is -3.88. The topological polar surface area (TPSA) is 114 Å². The standard InChI is InChI=1S/C26H30FN5O5S2/c1-26(2,3)37-25(33)31-11-12-32(22(15-31)17-4-6-18(27)7-5-17)21-10-13-36-23-14-19(8-9-20(21)23)39(34,35)30-24-28-16-29-38-24/h4-9,14,16,21-22H,10-13,15H2,1-3H3,(H,28,29,30). The monoisotopic (exact) mass is 575 g/mol. The van der Waals surface area contributed by atoms with Gasteiger partial charge in [-0.1, -0.05) is 18.2 Å². The van der Waals surface area contributed by atoms with E-state index in [1.807, 2.05) is 20.8 Å². The normalized spacial score (nSPS) is 20.2. The number of piperazine rings is 1. The fourth-order valence-electron chi connectivity index (χ4n) is 4.90. The molecular formula is C26H30FN5O5S2. The number of carbonyl (C=O) groups is 1. The lowest BCUT2D eigenvalue weighted by Crippen LogP contribution is -2.52. The lowest BCUT2D eigenvalue weighted by Gasteiger charge is -2.46. The van der Waals surface area contributed by atoms with Gasteiger partial charge in [0.15, 0.2) is 0 Å². The van der Waals surface area contributed by atoms with Gasteiger partial charge in [-0.3, -0.25) is 9.62 Å². The molecule has 2 unspecified atom stereocenters. The number of aromatic nitrogens is 2. The van der Waals surface area contributed by atoms with Crippen molar-refractivity contribution >= 4 is 32.8 Å². The zero-order valence-electron chi connectivity index (χ0n) is 21.8. The summed E-state index contributed by atoms with van der Waals surface area (Å²) < 4.78 is 57.4. The van der Waals surface area contributed by atoms with Crippen molar-refractivity contribution in [3.63, 3.8) is 0 Å². The fraction of sp³-hybridized carbons (Fsp3) is 0.423. The van der Waals surface area contributed by atoms with E-state index in [-0.39, 0.29) is 34.0 Å². The van der Waals surface area contributed by atoms with Crippen LogP contribution >= 0.6 is 11.5 Å². The zero-order valence-corrected chi connectivity index (χ0v) is 23.5. The van der Waals surface area contributed by atoms with Crippen LogP contribution in [0.2, 0.25) is 0 Å². The second kappa shape index (κ2) is 10.7. The van der Waals surface area contributed by atoms with Crippen LogP contribution in [-0.4, -0.2) is 65.5 Å². The fourth-order valence-corrected chi connectivity index (χ4v) is 6.58. The number of benzene rings is 2. The smallest absolute Gasteiger partial charge is 0.410 e. The Morgan fingerprint density at radius 2 is 1.92 bits per heavy atom.